The Morgan fingerprint density at radius 3 is 2.67 bits per heavy atom. The number of hydrogen-bond acceptors (Lipinski definition) is 2. The molecule has 0 aromatic heterocycles. The van der Waals surface area contributed by atoms with Gasteiger partial charge in [-0.25, -0.2) is 0 Å². The number of halogens is 1. The molecule has 4 nitrogen and oxygen atoms in total. The van der Waals surface area contributed by atoms with Gasteiger partial charge in [0.15, 0.2) is 0 Å². The van der Waals surface area contributed by atoms with Crippen LogP contribution in [0.15, 0.2) is 48.5 Å². The molecular weight excluding hydrogens is 324 g/mol. The average Bonchev–Trinajstić information content (AvgIpc) is 2.60. The van der Waals surface area contributed by atoms with Gasteiger partial charge in [-0.15, -0.1) is 6.42 Å². The first kappa shape index (κ1) is 17.6. The minimum Gasteiger partial charge on any atom is -0.347 e. The summed E-state index contributed by atoms with van der Waals surface area (Å²) in [5, 5.41) is 3.26. The van der Waals surface area contributed by atoms with Crippen molar-refractivity contribution in [3.8, 4) is 12.3 Å². The first-order valence-electron chi connectivity index (χ1n) is 7.38. The number of rotatable bonds is 4. The molecule has 1 N–H and O–H groups in total. The largest absolute Gasteiger partial charge is 0.347 e. The van der Waals surface area contributed by atoms with Crippen molar-refractivity contribution < 1.29 is 9.59 Å². The molecule has 0 atom stereocenters. The molecule has 0 aliphatic carbocycles. The van der Waals surface area contributed by atoms with Gasteiger partial charge >= 0.3 is 11.8 Å². The predicted molar refractivity (Wildman–Crippen MR) is 96.0 cm³/mol. The number of carbonyl (C=O) groups is 2. The van der Waals surface area contributed by atoms with E-state index in [1.165, 1.54) is 11.9 Å². The highest BCUT2D eigenvalue weighted by Crippen LogP contribution is 2.14. The minimum atomic E-state index is -0.661. The van der Waals surface area contributed by atoms with Crippen LogP contribution in [0.2, 0.25) is 5.02 Å². The lowest BCUT2D eigenvalue weighted by atomic mass is 10.1. The Balaban J connectivity index is 1.91. The van der Waals surface area contributed by atoms with Crippen molar-refractivity contribution >= 4 is 29.1 Å². The number of hydrogen-bond donors (Lipinski definition) is 1. The van der Waals surface area contributed by atoms with E-state index >= 15 is 0 Å². The third-order valence-corrected chi connectivity index (χ3v) is 3.72. The molecule has 122 valence electrons. The summed E-state index contributed by atoms with van der Waals surface area (Å²) in [5.74, 6) is 1.19. The van der Waals surface area contributed by atoms with Crippen molar-refractivity contribution in [2.45, 2.75) is 6.42 Å². The molecule has 0 heterocycles. The van der Waals surface area contributed by atoms with Crippen molar-refractivity contribution in [2.75, 3.05) is 18.5 Å². The number of anilines is 1. The highest BCUT2D eigenvalue weighted by molar-refractivity contribution is 6.40. The number of terminal acetylenes is 1. The van der Waals surface area contributed by atoms with E-state index in [0.717, 1.165) is 5.56 Å². The summed E-state index contributed by atoms with van der Waals surface area (Å²) in [6.07, 6.45) is 5.94. The molecule has 0 spiro atoms. The summed E-state index contributed by atoms with van der Waals surface area (Å²) in [5.41, 5.74) is 2.21. The summed E-state index contributed by atoms with van der Waals surface area (Å²) in [4.78, 5) is 25.5. The Hall–Kier alpha value is -2.77. The molecule has 2 amide bonds. The van der Waals surface area contributed by atoms with Gasteiger partial charge in [0.1, 0.15) is 0 Å². The second-order valence-electron chi connectivity index (χ2n) is 5.19. The van der Waals surface area contributed by atoms with Gasteiger partial charge in [-0.05, 0) is 42.3 Å². The van der Waals surface area contributed by atoms with Crippen LogP contribution in [0.1, 0.15) is 11.1 Å². The van der Waals surface area contributed by atoms with E-state index in [-0.39, 0.29) is 0 Å². The van der Waals surface area contributed by atoms with Crippen molar-refractivity contribution in [2.24, 2.45) is 0 Å². The molecule has 2 rings (SSSR count). The number of nitrogens with zero attached hydrogens (tertiary/aromatic N) is 1. The lowest BCUT2D eigenvalue weighted by Crippen LogP contribution is -2.41. The number of benzene rings is 2. The monoisotopic (exact) mass is 340 g/mol. The van der Waals surface area contributed by atoms with Crippen molar-refractivity contribution in [1.82, 2.24) is 5.32 Å². The Kier molecular flexibility index (Phi) is 6.00. The molecule has 0 saturated carbocycles. The summed E-state index contributed by atoms with van der Waals surface area (Å²) in [6, 6.07) is 14.3. The van der Waals surface area contributed by atoms with E-state index in [4.69, 9.17) is 18.0 Å². The Bertz CT molecular complexity index is 796. The van der Waals surface area contributed by atoms with Crippen LogP contribution < -0.4 is 10.2 Å². The zero-order valence-corrected chi connectivity index (χ0v) is 14.0. The van der Waals surface area contributed by atoms with Crippen LogP contribution in [0, 0.1) is 12.3 Å². The average molecular weight is 341 g/mol. The highest BCUT2D eigenvalue weighted by atomic mass is 35.5. The molecule has 2 aromatic carbocycles. The molecule has 5 heteroatoms. The van der Waals surface area contributed by atoms with Crippen LogP contribution in [0.4, 0.5) is 5.69 Å². The summed E-state index contributed by atoms with van der Waals surface area (Å²) < 4.78 is 0. The van der Waals surface area contributed by atoms with Gasteiger partial charge in [0.05, 0.1) is 0 Å². The van der Waals surface area contributed by atoms with Crippen molar-refractivity contribution in [3.05, 3.63) is 64.7 Å². The highest BCUT2D eigenvalue weighted by Gasteiger charge is 2.19. The fraction of sp³-hybridized carbons (Fsp3) is 0.158. The molecule has 0 aliphatic heterocycles. The topological polar surface area (TPSA) is 49.4 Å². The first-order chi connectivity index (χ1) is 11.5. The number of carbonyl (C=O) groups excluding carboxylic acids is 2. The first-order valence-corrected chi connectivity index (χ1v) is 7.76. The molecule has 24 heavy (non-hydrogen) atoms. The van der Waals surface area contributed by atoms with Crippen LogP contribution in [0.25, 0.3) is 0 Å². The smallest absolute Gasteiger partial charge is 0.316 e. The number of nitrogens with one attached hydrogen (secondary N) is 1. The molecule has 0 aliphatic rings. The lowest BCUT2D eigenvalue weighted by molar-refractivity contribution is -0.137. The summed E-state index contributed by atoms with van der Waals surface area (Å²) in [6.45, 7) is 0.350. The van der Waals surface area contributed by atoms with E-state index in [9.17, 15) is 9.59 Å². The Morgan fingerprint density at radius 2 is 1.96 bits per heavy atom. The molecule has 0 saturated heterocycles. The van der Waals surface area contributed by atoms with Crippen LogP contribution in [-0.2, 0) is 16.0 Å². The second-order valence-corrected chi connectivity index (χ2v) is 5.63. The van der Waals surface area contributed by atoms with Crippen LogP contribution in [0.3, 0.4) is 0 Å². The van der Waals surface area contributed by atoms with Gasteiger partial charge in [0.2, 0.25) is 0 Å². The van der Waals surface area contributed by atoms with E-state index in [2.05, 4.69) is 11.2 Å². The second kappa shape index (κ2) is 8.19. The van der Waals surface area contributed by atoms with Crippen molar-refractivity contribution in [1.29, 1.82) is 0 Å². The zero-order chi connectivity index (χ0) is 17.5. The summed E-state index contributed by atoms with van der Waals surface area (Å²) >= 11 is 5.91. The Labute approximate surface area is 146 Å². The van der Waals surface area contributed by atoms with Crippen molar-refractivity contribution in [3.63, 3.8) is 0 Å². The third-order valence-electron chi connectivity index (χ3n) is 3.49. The van der Waals surface area contributed by atoms with Crippen LogP contribution in [-0.4, -0.2) is 25.4 Å². The molecular formula is C19H17ClN2O2. The number of likely N-dealkylation sites (N-methyl/N-ethyl adjacent to an activating group) is 1. The lowest BCUT2D eigenvalue weighted by Gasteiger charge is -2.17. The fourth-order valence-corrected chi connectivity index (χ4v) is 2.38. The van der Waals surface area contributed by atoms with E-state index in [1.54, 1.807) is 30.3 Å². The Morgan fingerprint density at radius 1 is 1.21 bits per heavy atom. The normalized spacial score (nSPS) is 9.88. The number of amides is 2. The third kappa shape index (κ3) is 4.61. The maximum atomic E-state index is 12.2. The van der Waals surface area contributed by atoms with Gasteiger partial charge in [-0.3, -0.25) is 9.59 Å². The fourth-order valence-electron chi connectivity index (χ4n) is 2.16. The zero-order valence-electron chi connectivity index (χ0n) is 13.3. The quantitative estimate of drug-likeness (QED) is 0.687. The van der Waals surface area contributed by atoms with Gasteiger partial charge in [-0.1, -0.05) is 35.7 Å². The van der Waals surface area contributed by atoms with E-state index in [1.807, 2.05) is 18.2 Å². The van der Waals surface area contributed by atoms with Gasteiger partial charge in [-0.2, -0.15) is 0 Å². The van der Waals surface area contributed by atoms with Crippen LogP contribution in [0.5, 0.6) is 0 Å². The van der Waals surface area contributed by atoms with Gasteiger partial charge < -0.3 is 10.2 Å². The maximum Gasteiger partial charge on any atom is 0.316 e. The standard InChI is InChI=1S/C19H17ClN2O2/c1-3-14-6-5-9-17(13-14)22(2)19(24)18(23)21-11-10-15-7-4-8-16(20)12-15/h1,4-9,12-13H,10-11H2,2H3,(H,21,23). The van der Waals surface area contributed by atoms with Gasteiger partial charge in [0, 0.05) is 29.9 Å². The SMILES string of the molecule is C#Cc1cccc(N(C)C(=O)C(=O)NCCc2cccc(Cl)c2)c1. The molecule has 2 aromatic rings. The minimum absolute atomic E-state index is 0.350. The maximum absolute atomic E-state index is 12.2. The van der Waals surface area contributed by atoms with E-state index < -0.39 is 11.8 Å². The molecule has 0 fully saturated rings. The molecule has 0 radical (unpaired) electrons. The van der Waals surface area contributed by atoms with Crippen LogP contribution >= 0.6 is 11.6 Å². The molecule has 0 bridgehead atoms. The molecule has 0 unspecified atom stereocenters. The predicted octanol–water partition coefficient (Wildman–Crippen LogP) is 2.64. The van der Waals surface area contributed by atoms with Gasteiger partial charge in [0.25, 0.3) is 0 Å². The van der Waals surface area contributed by atoms with E-state index in [0.29, 0.717) is 29.2 Å². The summed E-state index contributed by atoms with van der Waals surface area (Å²) in [7, 11) is 1.54.